The highest BCUT2D eigenvalue weighted by atomic mass is 19.4. The molecule has 0 spiro atoms. The van der Waals surface area contributed by atoms with Crippen LogP contribution < -0.4 is 4.74 Å². The van der Waals surface area contributed by atoms with E-state index in [9.17, 15) is 22.8 Å². The molecule has 1 amide bonds. The number of carbonyl (C=O) groups excluding carboxylic acids is 1. The molecule has 0 aliphatic carbocycles. The summed E-state index contributed by atoms with van der Waals surface area (Å²) in [7, 11) is 0. The topological polar surface area (TPSA) is 66.8 Å². The molecule has 1 aromatic rings. The van der Waals surface area contributed by atoms with E-state index in [1.165, 1.54) is 17.0 Å². The Labute approximate surface area is 124 Å². The van der Waals surface area contributed by atoms with Crippen molar-refractivity contribution in [3.8, 4) is 5.75 Å². The van der Waals surface area contributed by atoms with Crippen molar-refractivity contribution < 1.29 is 32.6 Å². The Kier molecular flexibility index (Phi) is 4.04. The van der Waals surface area contributed by atoms with Crippen molar-refractivity contribution in [1.29, 1.82) is 0 Å². The van der Waals surface area contributed by atoms with Gasteiger partial charge in [-0.2, -0.15) is 0 Å². The van der Waals surface area contributed by atoms with E-state index in [2.05, 4.69) is 4.74 Å². The minimum Gasteiger partial charge on any atom is -0.481 e. The third-order valence-corrected chi connectivity index (χ3v) is 3.61. The lowest BCUT2D eigenvalue weighted by Crippen LogP contribution is -2.34. The Morgan fingerprint density at radius 3 is 2.32 bits per heavy atom. The van der Waals surface area contributed by atoms with Crippen LogP contribution in [-0.4, -0.2) is 41.3 Å². The molecular formula is C14H14F3NO4. The van der Waals surface area contributed by atoms with E-state index in [4.69, 9.17) is 5.11 Å². The van der Waals surface area contributed by atoms with Gasteiger partial charge in [-0.15, -0.1) is 13.2 Å². The average Bonchev–Trinajstić information content (AvgIpc) is 2.81. The normalized spacial score (nSPS) is 21.7. The van der Waals surface area contributed by atoms with E-state index in [-0.39, 0.29) is 12.1 Å². The molecule has 1 aliphatic heterocycles. The van der Waals surface area contributed by atoms with Crippen molar-refractivity contribution in [2.24, 2.45) is 5.41 Å². The smallest absolute Gasteiger partial charge is 0.481 e. The number of carbonyl (C=O) groups is 2. The summed E-state index contributed by atoms with van der Waals surface area (Å²) in [6.07, 6.45) is -4.45. The fourth-order valence-electron chi connectivity index (χ4n) is 2.29. The second-order valence-electron chi connectivity index (χ2n) is 5.41. The van der Waals surface area contributed by atoms with Crippen LogP contribution in [0.4, 0.5) is 13.2 Å². The second-order valence-corrected chi connectivity index (χ2v) is 5.41. The summed E-state index contributed by atoms with van der Waals surface area (Å²) in [6, 6.07) is 4.54. The Hall–Kier alpha value is -2.25. The summed E-state index contributed by atoms with van der Waals surface area (Å²) < 4.78 is 39.9. The van der Waals surface area contributed by atoms with E-state index >= 15 is 0 Å². The van der Waals surface area contributed by atoms with Crippen molar-refractivity contribution in [1.82, 2.24) is 4.90 Å². The van der Waals surface area contributed by atoms with E-state index in [1.807, 2.05) is 0 Å². The zero-order valence-electron chi connectivity index (χ0n) is 11.7. The first-order valence-electron chi connectivity index (χ1n) is 6.49. The molecule has 8 heteroatoms. The molecule has 0 saturated carbocycles. The molecular weight excluding hydrogens is 303 g/mol. The highest BCUT2D eigenvalue weighted by Crippen LogP contribution is 2.31. The van der Waals surface area contributed by atoms with Crippen molar-refractivity contribution >= 4 is 11.9 Å². The Balaban J connectivity index is 2.06. The summed E-state index contributed by atoms with van der Waals surface area (Å²) in [4.78, 5) is 24.8. The molecule has 1 N–H and O–H groups in total. The SMILES string of the molecule is C[C@@]1(C(=O)O)CCN(C(=O)c2ccc(OC(F)(F)F)cc2)C1. The Bertz CT molecular complexity index is 585. The molecule has 120 valence electrons. The molecule has 2 rings (SSSR count). The predicted molar refractivity (Wildman–Crippen MR) is 69.4 cm³/mol. The minimum atomic E-state index is -4.79. The van der Waals surface area contributed by atoms with E-state index in [0.29, 0.717) is 13.0 Å². The molecule has 0 radical (unpaired) electrons. The van der Waals surface area contributed by atoms with Crippen LogP contribution in [0.25, 0.3) is 0 Å². The monoisotopic (exact) mass is 317 g/mol. The largest absolute Gasteiger partial charge is 0.573 e. The van der Waals surface area contributed by atoms with Gasteiger partial charge in [0.1, 0.15) is 5.75 Å². The number of aliphatic carboxylic acids is 1. The van der Waals surface area contributed by atoms with Gasteiger partial charge in [0.05, 0.1) is 5.41 Å². The van der Waals surface area contributed by atoms with Crippen molar-refractivity contribution in [2.45, 2.75) is 19.7 Å². The molecule has 1 atom stereocenters. The number of carboxylic acids is 1. The number of likely N-dealkylation sites (tertiary alicyclic amines) is 1. The number of carboxylic acid groups (broad SMARTS) is 1. The summed E-state index contributed by atoms with van der Waals surface area (Å²) in [5.41, 5.74) is -0.807. The summed E-state index contributed by atoms with van der Waals surface area (Å²) in [5.74, 6) is -1.80. The number of halogens is 3. The van der Waals surface area contributed by atoms with Crippen molar-refractivity contribution in [2.75, 3.05) is 13.1 Å². The van der Waals surface area contributed by atoms with Gasteiger partial charge in [-0.05, 0) is 37.6 Å². The van der Waals surface area contributed by atoms with Gasteiger partial charge >= 0.3 is 12.3 Å². The number of ether oxygens (including phenoxy) is 1. The fourth-order valence-corrected chi connectivity index (χ4v) is 2.29. The van der Waals surface area contributed by atoms with Gasteiger partial charge in [-0.3, -0.25) is 9.59 Å². The predicted octanol–water partition coefficient (Wildman–Crippen LogP) is 2.52. The van der Waals surface area contributed by atoms with E-state index in [0.717, 1.165) is 12.1 Å². The van der Waals surface area contributed by atoms with Crippen LogP contribution in [0.3, 0.4) is 0 Å². The number of hydrogen-bond acceptors (Lipinski definition) is 3. The van der Waals surface area contributed by atoms with Gasteiger partial charge in [0.25, 0.3) is 5.91 Å². The quantitative estimate of drug-likeness (QED) is 0.930. The third-order valence-electron chi connectivity index (χ3n) is 3.61. The number of rotatable bonds is 3. The Morgan fingerprint density at radius 2 is 1.86 bits per heavy atom. The van der Waals surface area contributed by atoms with Gasteiger partial charge in [-0.1, -0.05) is 0 Å². The molecule has 0 unspecified atom stereocenters. The van der Waals surface area contributed by atoms with Crippen LogP contribution in [0.2, 0.25) is 0 Å². The first-order valence-corrected chi connectivity index (χ1v) is 6.49. The lowest BCUT2D eigenvalue weighted by molar-refractivity contribution is -0.274. The van der Waals surface area contributed by atoms with Gasteiger partial charge < -0.3 is 14.7 Å². The molecule has 5 nitrogen and oxygen atoms in total. The zero-order chi connectivity index (χ0) is 16.5. The van der Waals surface area contributed by atoms with E-state index in [1.54, 1.807) is 6.92 Å². The molecule has 0 bridgehead atoms. The first-order chi connectivity index (χ1) is 10.1. The maximum atomic E-state index is 12.2. The zero-order valence-corrected chi connectivity index (χ0v) is 11.7. The summed E-state index contributed by atoms with van der Waals surface area (Å²) in [5, 5.41) is 9.13. The van der Waals surface area contributed by atoms with Crippen molar-refractivity contribution in [3.05, 3.63) is 29.8 Å². The van der Waals surface area contributed by atoms with E-state index < -0.39 is 29.4 Å². The minimum absolute atomic E-state index is 0.0714. The van der Waals surface area contributed by atoms with Crippen LogP contribution in [0.1, 0.15) is 23.7 Å². The molecule has 1 aliphatic rings. The highest BCUT2D eigenvalue weighted by molar-refractivity contribution is 5.95. The number of hydrogen-bond donors (Lipinski definition) is 1. The Morgan fingerprint density at radius 1 is 1.27 bits per heavy atom. The lowest BCUT2D eigenvalue weighted by atomic mass is 9.90. The maximum absolute atomic E-state index is 12.2. The third kappa shape index (κ3) is 3.49. The maximum Gasteiger partial charge on any atom is 0.573 e. The van der Waals surface area contributed by atoms with Crippen LogP contribution in [0.5, 0.6) is 5.75 Å². The lowest BCUT2D eigenvalue weighted by Gasteiger charge is -2.20. The second kappa shape index (κ2) is 5.51. The highest BCUT2D eigenvalue weighted by Gasteiger charge is 2.42. The number of benzene rings is 1. The molecule has 22 heavy (non-hydrogen) atoms. The number of alkyl halides is 3. The fraction of sp³-hybridized carbons (Fsp3) is 0.429. The summed E-state index contributed by atoms with van der Waals surface area (Å²) in [6.45, 7) is 1.92. The standard InChI is InChI=1S/C14H14F3NO4/c1-13(12(20)21)6-7-18(8-13)11(19)9-2-4-10(5-3-9)22-14(15,16)17/h2-5H,6-8H2,1H3,(H,20,21)/t13-/m1/s1. The van der Waals surface area contributed by atoms with Gasteiger partial charge in [0.15, 0.2) is 0 Å². The van der Waals surface area contributed by atoms with Crippen LogP contribution >= 0.6 is 0 Å². The number of nitrogens with zero attached hydrogens (tertiary/aromatic N) is 1. The van der Waals surface area contributed by atoms with Crippen LogP contribution in [0.15, 0.2) is 24.3 Å². The first kappa shape index (κ1) is 16.1. The van der Waals surface area contributed by atoms with Crippen LogP contribution in [0, 0.1) is 5.41 Å². The molecule has 0 aromatic heterocycles. The molecule has 1 heterocycles. The van der Waals surface area contributed by atoms with Crippen LogP contribution in [-0.2, 0) is 4.79 Å². The molecule has 1 saturated heterocycles. The van der Waals surface area contributed by atoms with Crippen molar-refractivity contribution in [3.63, 3.8) is 0 Å². The average molecular weight is 317 g/mol. The number of amides is 1. The molecule has 1 aromatic carbocycles. The van der Waals surface area contributed by atoms with Gasteiger partial charge in [0, 0.05) is 18.7 Å². The van der Waals surface area contributed by atoms with Gasteiger partial charge in [-0.25, -0.2) is 0 Å². The molecule has 1 fully saturated rings. The van der Waals surface area contributed by atoms with Gasteiger partial charge in [0.2, 0.25) is 0 Å². The summed E-state index contributed by atoms with van der Waals surface area (Å²) >= 11 is 0.